The van der Waals surface area contributed by atoms with Crippen molar-refractivity contribution in [2.75, 3.05) is 31.9 Å². The molecule has 0 bridgehead atoms. The summed E-state index contributed by atoms with van der Waals surface area (Å²) in [5.74, 6) is 1.92. The van der Waals surface area contributed by atoms with Crippen molar-refractivity contribution < 1.29 is 25.9 Å². The smallest absolute Gasteiger partial charge is 0.295 e. The predicted octanol–water partition coefficient (Wildman–Crippen LogP) is 9.63. The molecule has 66 heavy (non-hydrogen) atoms. The largest absolute Gasteiger partial charge is 0.340 e. The second-order valence-electron chi connectivity index (χ2n) is 13.9. The molecule has 2 radical (unpaired) electrons. The van der Waals surface area contributed by atoms with Crippen LogP contribution in [0.1, 0.15) is 11.1 Å². The number of benzene rings is 6. The monoisotopic (exact) mass is 936 g/mol. The van der Waals surface area contributed by atoms with Crippen LogP contribution in [0.25, 0.3) is 12.2 Å². The molecule has 2 heterocycles. The van der Waals surface area contributed by atoms with Crippen LogP contribution in [0.4, 0.5) is 69.3 Å². The third-order valence-corrected chi connectivity index (χ3v) is 11.0. The summed E-state index contributed by atoms with van der Waals surface area (Å²) < 4.78 is 71.7. The molecule has 8 rings (SSSR count). The maximum atomic E-state index is 12.8. The Morgan fingerprint density at radius 1 is 0.348 bits per heavy atom. The number of hydrogen-bond donors (Lipinski definition) is 8. The first-order chi connectivity index (χ1) is 30.9. The van der Waals surface area contributed by atoms with Gasteiger partial charge in [-0.25, -0.2) is 0 Å². The van der Waals surface area contributed by atoms with E-state index in [1.807, 2.05) is 121 Å². The van der Waals surface area contributed by atoms with Crippen molar-refractivity contribution in [3.63, 3.8) is 0 Å². The SMILES string of the molecule is O=S(=O)(O)c1cc(Nc2cc(Nc3ccccc3)nc(Nc3ccccc3)n2)ccc1C=Cc1ccc(Nc2cc(Nc3ccccc3)nc(Nc3ccccc3)n2)cc1S(=O)(=O)O.[Na].[Na]. The van der Waals surface area contributed by atoms with Crippen LogP contribution in [0.2, 0.25) is 0 Å². The summed E-state index contributed by atoms with van der Waals surface area (Å²) in [5.41, 5.74) is 3.57. The molecule has 6 aromatic carbocycles. The number of hydrogen-bond acceptors (Lipinski definition) is 14. The van der Waals surface area contributed by atoms with E-state index in [1.54, 1.807) is 24.3 Å². The van der Waals surface area contributed by atoms with Crippen LogP contribution in [0.3, 0.4) is 0 Å². The number of rotatable bonds is 16. The van der Waals surface area contributed by atoms with Gasteiger partial charge in [0, 0.05) is 105 Å². The van der Waals surface area contributed by atoms with Crippen LogP contribution >= 0.6 is 0 Å². The summed E-state index contributed by atoms with van der Waals surface area (Å²) >= 11 is 0. The van der Waals surface area contributed by atoms with E-state index >= 15 is 0 Å². The van der Waals surface area contributed by atoms with Crippen LogP contribution in [0.15, 0.2) is 180 Å². The number of nitrogens with zero attached hydrogens (tertiary/aromatic N) is 4. The minimum atomic E-state index is -4.83. The third-order valence-electron chi connectivity index (χ3n) is 9.17. The maximum Gasteiger partial charge on any atom is 0.295 e. The van der Waals surface area contributed by atoms with Gasteiger partial charge in [0.05, 0.1) is 0 Å². The molecule has 20 heteroatoms. The molecule has 0 saturated carbocycles. The molecular formula is C46H38N10Na2O6S2. The van der Waals surface area contributed by atoms with Crippen LogP contribution in [-0.4, -0.2) is 105 Å². The zero-order valence-electron chi connectivity index (χ0n) is 35.5. The zero-order chi connectivity index (χ0) is 44.5. The molecule has 0 saturated heterocycles. The normalized spacial score (nSPS) is 11.1. The Hall–Kier alpha value is -6.16. The van der Waals surface area contributed by atoms with E-state index in [-0.39, 0.29) is 105 Å². The second-order valence-corrected chi connectivity index (χ2v) is 16.7. The Bertz CT molecular complexity index is 2850. The second kappa shape index (κ2) is 22.4. The van der Waals surface area contributed by atoms with E-state index < -0.39 is 30.0 Å². The van der Waals surface area contributed by atoms with Gasteiger partial charge in [-0.2, -0.15) is 36.8 Å². The number of nitrogens with one attached hydrogen (secondary N) is 6. The molecule has 8 N–H and O–H groups in total. The average molecular weight is 937 g/mol. The molecule has 0 aliphatic heterocycles. The van der Waals surface area contributed by atoms with Crippen molar-refractivity contribution in [1.82, 2.24) is 19.9 Å². The first-order valence-corrected chi connectivity index (χ1v) is 22.3. The van der Waals surface area contributed by atoms with Gasteiger partial charge in [0.2, 0.25) is 11.9 Å². The molecule has 0 atom stereocenters. The van der Waals surface area contributed by atoms with Crippen molar-refractivity contribution in [3.05, 3.63) is 181 Å². The number of aromatic nitrogens is 4. The third kappa shape index (κ3) is 13.7. The Morgan fingerprint density at radius 3 is 0.909 bits per heavy atom. The fraction of sp³-hybridized carbons (Fsp3) is 0. The van der Waals surface area contributed by atoms with Crippen LogP contribution in [0.5, 0.6) is 0 Å². The predicted molar refractivity (Wildman–Crippen MR) is 262 cm³/mol. The van der Waals surface area contributed by atoms with E-state index in [4.69, 9.17) is 0 Å². The molecule has 0 amide bonds. The Kier molecular flexibility index (Phi) is 16.7. The van der Waals surface area contributed by atoms with Crippen molar-refractivity contribution in [2.24, 2.45) is 0 Å². The Morgan fingerprint density at radius 2 is 0.621 bits per heavy atom. The summed E-state index contributed by atoms with van der Waals surface area (Å²) in [4.78, 5) is 17.3. The Labute approximate surface area is 425 Å². The van der Waals surface area contributed by atoms with E-state index in [9.17, 15) is 25.9 Å². The summed E-state index contributed by atoms with van der Waals surface area (Å²) in [6.45, 7) is 0. The van der Waals surface area contributed by atoms with E-state index in [2.05, 4.69) is 51.8 Å². The molecule has 2 aromatic heterocycles. The fourth-order valence-corrected chi connectivity index (χ4v) is 7.74. The molecule has 0 aliphatic rings. The molecule has 0 unspecified atom stereocenters. The van der Waals surface area contributed by atoms with Gasteiger partial charge in [-0.15, -0.1) is 0 Å². The summed E-state index contributed by atoms with van der Waals surface area (Å²) in [6, 6.07) is 49.0. The van der Waals surface area contributed by atoms with Crippen molar-refractivity contribution in [3.8, 4) is 0 Å². The fourth-order valence-electron chi connectivity index (χ4n) is 6.32. The summed E-state index contributed by atoms with van der Waals surface area (Å²) in [5, 5.41) is 19.0. The van der Waals surface area contributed by atoms with Gasteiger partial charge < -0.3 is 31.9 Å². The number of para-hydroxylation sites is 4. The zero-order valence-corrected chi connectivity index (χ0v) is 41.1. The first kappa shape index (κ1) is 49.3. The van der Waals surface area contributed by atoms with Gasteiger partial charge in [-0.1, -0.05) is 97.1 Å². The minimum Gasteiger partial charge on any atom is -0.340 e. The van der Waals surface area contributed by atoms with Crippen molar-refractivity contribution in [1.29, 1.82) is 0 Å². The van der Waals surface area contributed by atoms with Gasteiger partial charge in [-0.05, 0) is 83.9 Å². The molecule has 16 nitrogen and oxygen atoms in total. The molecule has 8 aromatic rings. The van der Waals surface area contributed by atoms with E-state index in [0.717, 1.165) is 22.7 Å². The average Bonchev–Trinajstić information content (AvgIpc) is 3.27. The quantitative estimate of drug-likeness (QED) is 0.0256. The van der Waals surface area contributed by atoms with Crippen LogP contribution in [-0.2, 0) is 20.2 Å². The van der Waals surface area contributed by atoms with Crippen LogP contribution < -0.4 is 31.9 Å². The molecular weight excluding hydrogens is 899 g/mol. The molecule has 0 fully saturated rings. The molecule has 0 aliphatic carbocycles. The topological polar surface area (TPSA) is 232 Å². The van der Waals surface area contributed by atoms with E-state index in [1.165, 1.54) is 36.4 Å². The van der Waals surface area contributed by atoms with E-state index in [0.29, 0.717) is 11.6 Å². The van der Waals surface area contributed by atoms with Crippen molar-refractivity contribution >= 4 is 161 Å². The van der Waals surface area contributed by atoms with Crippen molar-refractivity contribution in [2.45, 2.75) is 9.79 Å². The maximum absolute atomic E-state index is 12.8. The summed E-state index contributed by atoms with van der Waals surface area (Å²) in [7, 11) is -9.65. The molecule has 322 valence electrons. The van der Waals surface area contributed by atoms with Gasteiger partial charge in [0.25, 0.3) is 20.2 Å². The standard InChI is InChI=1S/C46H38N10O6S2.2Na/c57-63(58,59)39-27-37(49-43-29-41(47-33-13-5-1-6-14-33)53-45(55-43)51-35-17-9-3-10-18-35)25-23-31(39)21-22-32-24-26-38(28-40(32)64(60,61)62)50-44-30-42(48-34-15-7-2-8-16-34)54-46(56-44)52-36-19-11-4-12-20-36;;/h1-30H,(H,57,58,59)(H,60,61,62)(H3,47,49,51,53,55)(H3,48,50,52,54,56);;. The van der Waals surface area contributed by atoms with Crippen LogP contribution in [0, 0.1) is 0 Å². The number of anilines is 12. The van der Waals surface area contributed by atoms with Gasteiger partial charge in [0.1, 0.15) is 33.1 Å². The Balaban J connectivity index is 0.00000360. The van der Waals surface area contributed by atoms with Gasteiger partial charge >= 0.3 is 0 Å². The molecule has 0 spiro atoms. The minimum absolute atomic E-state index is 0. The summed E-state index contributed by atoms with van der Waals surface area (Å²) in [6.07, 6.45) is 2.62. The van der Waals surface area contributed by atoms with Gasteiger partial charge in [-0.3, -0.25) is 9.11 Å². The first-order valence-electron chi connectivity index (χ1n) is 19.4. The van der Waals surface area contributed by atoms with Gasteiger partial charge in [0.15, 0.2) is 0 Å².